The van der Waals surface area contributed by atoms with E-state index in [0.717, 1.165) is 6.07 Å². The van der Waals surface area contributed by atoms with E-state index < -0.39 is 20.6 Å². The number of aromatic nitrogens is 2. The van der Waals surface area contributed by atoms with Gasteiger partial charge in [-0.3, -0.25) is 20.1 Å². The predicted molar refractivity (Wildman–Crippen MR) is 73.9 cm³/mol. The summed E-state index contributed by atoms with van der Waals surface area (Å²) in [6, 6.07) is 5.15. The van der Waals surface area contributed by atoms with Gasteiger partial charge in [0.15, 0.2) is 4.90 Å². The first kappa shape index (κ1) is 15.0. The highest BCUT2D eigenvalue weighted by molar-refractivity contribution is 7.89. The summed E-state index contributed by atoms with van der Waals surface area (Å²) in [5, 5.41) is 10.9. The fraction of sp³-hybridized carbons (Fsp3) is 0.167. The van der Waals surface area contributed by atoms with Gasteiger partial charge in [-0.2, -0.15) is 0 Å². The van der Waals surface area contributed by atoms with Gasteiger partial charge in [-0.15, -0.1) is 0 Å². The Morgan fingerprint density at radius 2 is 1.95 bits per heavy atom. The average molecular weight is 308 g/mol. The van der Waals surface area contributed by atoms with Gasteiger partial charge in [-0.1, -0.05) is 12.1 Å². The summed E-state index contributed by atoms with van der Waals surface area (Å²) in [5.74, 6) is 0. The van der Waals surface area contributed by atoms with Gasteiger partial charge in [0.2, 0.25) is 10.0 Å². The predicted octanol–water partition coefficient (Wildman–Crippen LogP) is 1.17. The van der Waals surface area contributed by atoms with Crippen LogP contribution in [0.4, 0.5) is 5.69 Å². The normalized spacial score (nSPS) is 11.3. The smallest absolute Gasteiger partial charge is 0.258 e. The summed E-state index contributed by atoms with van der Waals surface area (Å²) in [7, 11) is -4.00. The lowest BCUT2D eigenvalue weighted by Gasteiger charge is -2.06. The number of nitro groups is 1. The van der Waals surface area contributed by atoms with Crippen LogP contribution >= 0.6 is 0 Å². The molecule has 1 aromatic carbocycles. The third kappa shape index (κ3) is 3.58. The van der Waals surface area contributed by atoms with Gasteiger partial charge in [-0.05, 0) is 13.0 Å². The molecule has 9 heteroatoms. The van der Waals surface area contributed by atoms with E-state index in [1.54, 1.807) is 6.92 Å². The maximum absolute atomic E-state index is 12.1. The van der Waals surface area contributed by atoms with Crippen molar-refractivity contribution in [2.75, 3.05) is 0 Å². The molecule has 21 heavy (non-hydrogen) atoms. The molecule has 2 aromatic rings. The van der Waals surface area contributed by atoms with Gasteiger partial charge in [0, 0.05) is 12.3 Å². The molecule has 0 saturated carbocycles. The Labute approximate surface area is 121 Å². The van der Waals surface area contributed by atoms with E-state index >= 15 is 0 Å². The Bertz CT molecular complexity index is 759. The number of nitrogens with zero attached hydrogens (tertiary/aromatic N) is 3. The van der Waals surface area contributed by atoms with Crippen LogP contribution in [0.5, 0.6) is 0 Å². The summed E-state index contributed by atoms with van der Waals surface area (Å²) in [4.78, 5) is 17.8. The summed E-state index contributed by atoms with van der Waals surface area (Å²) >= 11 is 0. The zero-order valence-corrected chi connectivity index (χ0v) is 11.9. The molecule has 8 nitrogen and oxygen atoms in total. The minimum absolute atomic E-state index is 0.0956. The van der Waals surface area contributed by atoms with Crippen molar-refractivity contribution in [2.45, 2.75) is 18.4 Å². The number of benzene rings is 1. The Kier molecular flexibility index (Phi) is 4.24. The summed E-state index contributed by atoms with van der Waals surface area (Å²) < 4.78 is 26.5. The van der Waals surface area contributed by atoms with Crippen LogP contribution in [0.1, 0.15) is 11.4 Å². The molecule has 0 aliphatic heterocycles. The second-order valence-electron chi connectivity index (χ2n) is 4.20. The van der Waals surface area contributed by atoms with Crippen molar-refractivity contribution in [1.82, 2.24) is 14.7 Å². The topological polar surface area (TPSA) is 115 Å². The van der Waals surface area contributed by atoms with Gasteiger partial charge in [0.1, 0.15) is 0 Å². The van der Waals surface area contributed by atoms with Crippen molar-refractivity contribution >= 4 is 15.7 Å². The summed E-state index contributed by atoms with van der Waals surface area (Å²) in [6.07, 6.45) is 2.95. The fourth-order valence-corrected chi connectivity index (χ4v) is 2.76. The molecular formula is C12H12N4O4S. The molecule has 0 spiro atoms. The van der Waals surface area contributed by atoms with Crippen molar-refractivity contribution in [1.29, 1.82) is 0 Å². The first-order valence-corrected chi connectivity index (χ1v) is 7.39. The number of hydrogen-bond acceptors (Lipinski definition) is 6. The molecule has 2 rings (SSSR count). The molecule has 0 amide bonds. The highest BCUT2D eigenvalue weighted by Crippen LogP contribution is 2.22. The Hall–Kier alpha value is -2.39. The molecule has 0 atom stereocenters. The maximum Gasteiger partial charge on any atom is 0.289 e. The largest absolute Gasteiger partial charge is 0.289 e. The third-order valence-electron chi connectivity index (χ3n) is 2.63. The standard InChI is InChI=1S/C12H12N4O4S/c1-9-6-14-10(7-13-9)8-15-21(19,20)12-5-3-2-4-11(12)16(17)18/h2-7,15H,8H2,1H3. The number of aryl methyl sites for hydroxylation is 1. The summed E-state index contributed by atoms with van der Waals surface area (Å²) in [6.45, 7) is 1.66. The SMILES string of the molecule is Cc1cnc(CNS(=O)(=O)c2ccccc2[N+](=O)[O-])cn1. The van der Waals surface area contributed by atoms with Gasteiger partial charge >= 0.3 is 0 Å². The highest BCUT2D eigenvalue weighted by Gasteiger charge is 2.24. The van der Waals surface area contributed by atoms with Crippen LogP contribution in [0.25, 0.3) is 0 Å². The minimum Gasteiger partial charge on any atom is -0.258 e. The highest BCUT2D eigenvalue weighted by atomic mass is 32.2. The third-order valence-corrected chi connectivity index (χ3v) is 4.08. The van der Waals surface area contributed by atoms with Crippen molar-refractivity contribution in [3.05, 3.63) is 58.2 Å². The van der Waals surface area contributed by atoms with Gasteiger partial charge in [-0.25, -0.2) is 13.1 Å². The van der Waals surface area contributed by atoms with Crippen LogP contribution in [0.3, 0.4) is 0 Å². The number of sulfonamides is 1. The van der Waals surface area contributed by atoms with Crippen LogP contribution in [0.2, 0.25) is 0 Å². The monoisotopic (exact) mass is 308 g/mol. The maximum atomic E-state index is 12.1. The number of nitrogens with one attached hydrogen (secondary N) is 1. The fourth-order valence-electron chi connectivity index (χ4n) is 1.59. The lowest BCUT2D eigenvalue weighted by molar-refractivity contribution is -0.387. The number of nitro benzene ring substituents is 1. The molecule has 1 heterocycles. The molecule has 1 aromatic heterocycles. The van der Waals surface area contributed by atoms with E-state index in [2.05, 4.69) is 14.7 Å². The van der Waals surface area contributed by atoms with Gasteiger partial charge < -0.3 is 0 Å². The quantitative estimate of drug-likeness (QED) is 0.655. The molecule has 0 aliphatic rings. The van der Waals surface area contributed by atoms with Gasteiger partial charge in [0.25, 0.3) is 5.69 Å². The molecule has 0 fully saturated rings. The van der Waals surface area contributed by atoms with Crippen LogP contribution in [0, 0.1) is 17.0 Å². The molecule has 1 N–H and O–H groups in total. The van der Waals surface area contributed by atoms with E-state index in [9.17, 15) is 18.5 Å². The molecular weight excluding hydrogens is 296 g/mol. The number of rotatable bonds is 5. The van der Waals surface area contributed by atoms with E-state index in [4.69, 9.17) is 0 Å². The second kappa shape index (κ2) is 5.94. The molecule has 0 bridgehead atoms. The summed E-state index contributed by atoms with van der Waals surface area (Å²) in [5.41, 5.74) is 0.656. The van der Waals surface area contributed by atoms with E-state index in [1.807, 2.05) is 0 Å². The van der Waals surface area contributed by atoms with Crippen LogP contribution in [0.15, 0.2) is 41.6 Å². The first-order valence-electron chi connectivity index (χ1n) is 5.91. The molecule has 0 unspecified atom stereocenters. The minimum atomic E-state index is -4.00. The number of hydrogen-bond donors (Lipinski definition) is 1. The van der Waals surface area contributed by atoms with Crippen molar-refractivity contribution in [3.63, 3.8) is 0 Å². The van der Waals surface area contributed by atoms with Crippen molar-refractivity contribution < 1.29 is 13.3 Å². The first-order chi connectivity index (χ1) is 9.90. The Morgan fingerprint density at radius 1 is 1.24 bits per heavy atom. The van der Waals surface area contributed by atoms with E-state index in [0.29, 0.717) is 11.4 Å². The van der Waals surface area contributed by atoms with Crippen LogP contribution in [-0.2, 0) is 16.6 Å². The van der Waals surface area contributed by atoms with E-state index in [-0.39, 0.29) is 11.4 Å². The number of para-hydroxylation sites is 1. The lowest BCUT2D eigenvalue weighted by atomic mass is 10.3. The van der Waals surface area contributed by atoms with Crippen molar-refractivity contribution in [2.24, 2.45) is 0 Å². The average Bonchev–Trinajstić information content (AvgIpc) is 2.47. The zero-order valence-electron chi connectivity index (χ0n) is 11.1. The van der Waals surface area contributed by atoms with Crippen molar-refractivity contribution in [3.8, 4) is 0 Å². The van der Waals surface area contributed by atoms with Gasteiger partial charge in [0.05, 0.1) is 29.1 Å². The van der Waals surface area contributed by atoms with Crippen LogP contribution < -0.4 is 4.72 Å². The lowest BCUT2D eigenvalue weighted by Crippen LogP contribution is -2.24. The second-order valence-corrected chi connectivity index (χ2v) is 5.93. The molecule has 0 radical (unpaired) electrons. The zero-order chi connectivity index (χ0) is 15.5. The molecule has 0 saturated heterocycles. The van der Waals surface area contributed by atoms with E-state index in [1.165, 1.54) is 30.6 Å². The molecule has 110 valence electrons. The molecule has 0 aliphatic carbocycles. The van der Waals surface area contributed by atoms with Crippen LogP contribution in [-0.4, -0.2) is 23.3 Å². The Balaban J connectivity index is 2.23. The Morgan fingerprint density at radius 3 is 2.57 bits per heavy atom.